The highest BCUT2D eigenvalue weighted by molar-refractivity contribution is 7.14. The van der Waals surface area contributed by atoms with Crippen LogP contribution in [0.4, 0.5) is 25.0 Å². The van der Waals surface area contributed by atoms with E-state index in [-0.39, 0.29) is 49.5 Å². The summed E-state index contributed by atoms with van der Waals surface area (Å²) >= 11 is 3.87. The van der Waals surface area contributed by atoms with Crippen LogP contribution in [0.1, 0.15) is 123 Å². The molecule has 23 heteroatoms. The molecule has 0 radical (unpaired) electrons. The molecule has 18 nitrogen and oxygen atoms in total. The van der Waals surface area contributed by atoms with Crippen molar-refractivity contribution in [1.82, 2.24) is 34.6 Å². The number of carboxylic acids is 1. The summed E-state index contributed by atoms with van der Waals surface area (Å²) in [5.74, 6) is -0.650. The van der Waals surface area contributed by atoms with Gasteiger partial charge in [-0.25, -0.2) is 24.5 Å². The van der Waals surface area contributed by atoms with Crippen LogP contribution in [0.2, 0.25) is 0 Å². The molecule has 0 spiro atoms. The Hall–Kier alpha value is -3.86. The molecule has 4 aliphatic heterocycles. The summed E-state index contributed by atoms with van der Waals surface area (Å²) in [6.45, 7) is 19.1. The minimum absolute atomic E-state index is 0. The van der Waals surface area contributed by atoms with Gasteiger partial charge in [-0.3, -0.25) is 25.0 Å². The van der Waals surface area contributed by atoms with E-state index in [1.165, 1.54) is 87.4 Å². The number of likely N-dealkylation sites (tertiary alicyclic amines) is 4. The topological polar surface area (TPSA) is 226 Å². The number of anilines is 3. The number of nitrogens with two attached hydrogens (primary N) is 1. The number of aromatic nitrogens is 3. The van der Waals surface area contributed by atoms with Crippen LogP contribution in [0.5, 0.6) is 0 Å². The van der Waals surface area contributed by atoms with Crippen molar-refractivity contribution in [3.05, 3.63) is 33.2 Å². The quantitative estimate of drug-likeness (QED) is 0.150. The van der Waals surface area contributed by atoms with E-state index < -0.39 is 29.4 Å². The van der Waals surface area contributed by atoms with Gasteiger partial charge >= 0.3 is 18.2 Å². The Balaban J connectivity index is 0.000000275. The van der Waals surface area contributed by atoms with Crippen LogP contribution < -0.4 is 16.4 Å². The maximum atomic E-state index is 12.6. The molecule has 3 aromatic heterocycles. The Morgan fingerprint density at radius 2 is 0.941 bits per heavy atom. The van der Waals surface area contributed by atoms with E-state index in [2.05, 4.69) is 35.4 Å². The number of ether oxygens (including phenoxy) is 2. The van der Waals surface area contributed by atoms with Gasteiger partial charge in [0.15, 0.2) is 15.4 Å². The van der Waals surface area contributed by atoms with Crippen LogP contribution in [0, 0.1) is 0 Å². The fourth-order valence-electron chi connectivity index (χ4n) is 8.29. The number of thiazole rings is 3. The van der Waals surface area contributed by atoms with Crippen molar-refractivity contribution < 1.29 is 38.6 Å². The average Bonchev–Trinajstić information content (AvgIpc) is 4.01. The summed E-state index contributed by atoms with van der Waals surface area (Å²) in [5.41, 5.74) is 6.39. The third-order valence-corrected chi connectivity index (χ3v) is 13.7. The van der Waals surface area contributed by atoms with Crippen molar-refractivity contribution in [2.75, 3.05) is 68.7 Å². The average molecular weight is 1050 g/mol. The Bertz CT molecular complexity index is 2030. The smallest absolute Gasteiger partial charge is 0.413 e. The lowest BCUT2D eigenvalue weighted by Gasteiger charge is -2.40. The second kappa shape index (κ2) is 28.1. The van der Waals surface area contributed by atoms with E-state index in [0.29, 0.717) is 45.3 Å². The van der Waals surface area contributed by atoms with Crippen LogP contribution in [0.25, 0.3) is 0 Å². The zero-order valence-corrected chi connectivity index (χ0v) is 44.4. The maximum Gasteiger partial charge on any atom is 0.413 e. The van der Waals surface area contributed by atoms with Crippen molar-refractivity contribution in [3.63, 3.8) is 0 Å². The first-order valence-electron chi connectivity index (χ1n) is 23.1. The van der Waals surface area contributed by atoms with E-state index >= 15 is 0 Å². The number of nitrogens with zero attached hydrogens (tertiary/aromatic N) is 7. The molecule has 0 atom stereocenters. The Morgan fingerprint density at radius 1 is 0.588 bits per heavy atom. The molecule has 68 heavy (non-hydrogen) atoms. The van der Waals surface area contributed by atoms with Crippen LogP contribution in [-0.4, -0.2) is 145 Å². The summed E-state index contributed by atoms with van der Waals surface area (Å²) < 4.78 is 10.3. The molecule has 4 saturated heterocycles. The molecule has 382 valence electrons. The lowest BCUT2D eigenvalue weighted by molar-refractivity contribution is -0.136. The maximum absolute atomic E-state index is 12.6. The van der Waals surface area contributed by atoms with Crippen LogP contribution in [0.3, 0.4) is 0 Å². The standard InChI is InChI=1S/C20H32N4O3S.C15H24N4OS.C10H14N2O4S.2ClH/c1-20(2,3)27-19(26)22-18-21-15(14-28-18)13-17(25)24-11-7-16(8-12-24)23-9-5-4-6-10-23;16-15-17-12(11-21-15)10-14(20)19-8-4-13(5-9-19)18-6-2-1-3-7-18;1-10(2,3)16-9(15)12-8-11-6(5-17-8)4-7(13)14;;/h14,16H,4-13H2,1-3H3,(H,21,22,26);11,13H,1-10H2,(H2,16,17);5H,4H2,1-3H3,(H,13,14)(H,11,12,15);2*1H. The number of hydrogen-bond donors (Lipinski definition) is 4. The predicted octanol–water partition coefficient (Wildman–Crippen LogP) is 8.22. The molecular formula is C45H72Cl2N10O8S3. The van der Waals surface area contributed by atoms with Gasteiger partial charge in [0.1, 0.15) is 11.2 Å². The molecule has 0 unspecified atom stereocenters. The number of aliphatic carboxylic acids is 1. The van der Waals surface area contributed by atoms with Crippen LogP contribution in [-0.2, 0) is 43.1 Å². The number of nitrogen functional groups attached to an aromatic ring is 1. The fraction of sp³-hybridized carbons (Fsp3) is 0.689. The lowest BCUT2D eigenvalue weighted by Crippen LogP contribution is -2.48. The number of carboxylic acid groups (broad SMARTS) is 1. The van der Waals surface area contributed by atoms with Crippen molar-refractivity contribution >= 4 is 104 Å². The fourth-order valence-corrected chi connectivity index (χ4v) is 10.2. The Kier molecular flexibility index (Phi) is 24.2. The molecule has 7 rings (SSSR count). The first kappa shape index (κ1) is 58.5. The van der Waals surface area contributed by atoms with Gasteiger partial charge in [0.05, 0.1) is 36.3 Å². The molecule has 0 aromatic carbocycles. The molecule has 0 saturated carbocycles. The van der Waals surface area contributed by atoms with E-state index in [9.17, 15) is 24.0 Å². The van der Waals surface area contributed by atoms with Gasteiger partial charge in [-0.2, -0.15) is 0 Å². The predicted molar refractivity (Wildman–Crippen MR) is 274 cm³/mol. The van der Waals surface area contributed by atoms with Crippen molar-refractivity contribution in [3.8, 4) is 0 Å². The minimum Gasteiger partial charge on any atom is -0.481 e. The number of rotatable bonds is 10. The third kappa shape index (κ3) is 21.0. The van der Waals surface area contributed by atoms with E-state index in [0.717, 1.165) is 68.9 Å². The Labute approximate surface area is 425 Å². The third-order valence-electron chi connectivity index (χ3n) is 11.3. The Morgan fingerprint density at radius 3 is 1.28 bits per heavy atom. The number of piperidine rings is 4. The van der Waals surface area contributed by atoms with E-state index in [1.54, 1.807) is 26.2 Å². The van der Waals surface area contributed by atoms with E-state index in [4.69, 9.17) is 20.3 Å². The van der Waals surface area contributed by atoms with Crippen molar-refractivity contribution in [2.45, 2.75) is 148 Å². The second-order valence-electron chi connectivity index (χ2n) is 19.1. The number of carbonyl (C=O) groups excluding carboxylic acids is 4. The highest BCUT2D eigenvalue weighted by Crippen LogP contribution is 2.25. The molecule has 3 aromatic rings. The van der Waals surface area contributed by atoms with Crippen molar-refractivity contribution in [2.24, 2.45) is 0 Å². The first-order valence-corrected chi connectivity index (χ1v) is 25.8. The van der Waals surface area contributed by atoms with Gasteiger partial charge in [0, 0.05) is 54.4 Å². The summed E-state index contributed by atoms with van der Waals surface area (Å²) in [7, 11) is 0. The first-order chi connectivity index (χ1) is 31.3. The molecule has 4 aliphatic rings. The molecular weight excluding hydrogens is 976 g/mol. The number of carbonyl (C=O) groups is 5. The van der Waals surface area contributed by atoms with Crippen LogP contribution >= 0.6 is 58.8 Å². The normalized spacial score (nSPS) is 17.4. The molecule has 0 bridgehead atoms. The summed E-state index contributed by atoms with van der Waals surface area (Å²) in [4.78, 5) is 80.2. The number of halogens is 2. The molecule has 0 aliphatic carbocycles. The number of amides is 4. The summed E-state index contributed by atoms with van der Waals surface area (Å²) in [6.07, 6.45) is 11.8. The van der Waals surface area contributed by atoms with Gasteiger partial charge < -0.3 is 39.9 Å². The van der Waals surface area contributed by atoms with Crippen molar-refractivity contribution in [1.29, 1.82) is 0 Å². The highest BCUT2D eigenvalue weighted by atomic mass is 35.5. The number of hydrogen-bond acceptors (Lipinski definition) is 16. The summed E-state index contributed by atoms with van der Waals surface area (Å²) in [5, 5.41) is 20.3. The van der Waals surface area contributed by atoms with Crippen LogP contribution in [0.15, 0.2) is 16.1 Å². The summed E-state index contributed by atoms with van der Waals surface area (Å²) in [6, 6.07) is 1.32. The zero-order chi connectivity index (χ0) is 47.9. The SMILES string of the molecule is CC(C)(C)OC(=O)Nc1nc(CC(=O)N2CCC(N3CCCCC3)CC2)cs1.CC(C)(C)OC(=O)Nc1nc(CC(=O)O)cs1.Cl.Cl.Nc1nc(CC(=O)N2CCC(N3CCCCC3)CC2)cs1. The molecule has 5 N–H and O–H groups in total. The monoisotopic (exact) mass is 1050 g/mol. The van der Waals surface area contributed by atoms with E-state index in [1.807, 2.05) is 41.3 Å². The molecule has 4 amide bonds. The van der Waals surface area contributed by atoms with Gasteiger partial charge in [0.2, 0.25) is 11.8 Å². The van der Waals surface area contributed by atoms with Gasteiger partial charge in [0.25, 0.3) is 0 Å². The number of nitrogens with one attached hydrogen (secondary N) is 2. The highest BCUT2D eigenvalue weighted by Gasteiger charge is 2.30. The molecule has 4 fully saturated rings. The largest absolute Gasteiger partial charge is 0.481 e. The van der Waals surface area contributed by atoms with Gasteiger partial charge in [-0.15, -0.1) is 58.8 Å². The molecule has 7 heterocycles. The minimum atomic E-state index is -0.959. The zero-order valence-electron chi connectivity index (χ0n) is 40.3. The second-order valence-corrected chi connectivity index (χ2v) is 21.7. The van der Waals surface area contributed by atoms with Gasteiger partial charge in [-0.05, 0) is 119 Å². The lowest BCUT2D eigenvalue weighted by atomic mass is 9.99. The van der Waals surface area contributed by atoms with Gasteiger partial charge in [-0.1, -0.05) is 12.8 Å².